The number of carbonyl (C=O) groups excluding carboxylic acids is 1. The van der Waals surface area contributed by atoms with E-state index in [-0.39, 0.29) is 5.41 Å². The monoisotopic (exact) mass is 312 g/mol. The van der Waals surface area contributed by atoms with Crippen molar-refractivity contribution in [3.63, 3.8) is 0 Å². The first-order valence-electron chi connectivity index (χ1n) is 9.18. The molecule has 0 bridgehead atoms. The van der Waals surface area contributed by atoms with E-state index in [0.717, 1.165) is 39.0 Å². The fraction of sp³-hybridized carbons (Fsp3) is 0.650. The molecule has 2 aliphatic heterocycles. The van der Waals surface area contributed by atoms with Crippen molar-refractivity contribution >= 4 is 5.91 Å². The zero-order valence-corrected chi connectivity index (χ0v) is 14.2. The number of nitrogens with zero attached hydrogens (tertiary/aromatic N) is 1. The number of hydrogen-bond acceptors (Lipinski definition) is 2. The van der Waals surface area contributed by atoms with Crippen LogP contribution in [0.15, 0.2) is 30.3 Å². The molecule has 23 heavy (non-hydrogen) atoms. The second-order valence-corrected chi connectivity index (χ2v) is 8.16. The van der Waals surface area contributed by atoms with Gasteiger partial charge in [-0.2, -0.15) is 0 Å². The highest BCUT2D eigenvalue weighted by Crippen LogP contribution is 2.59. The quantitative estimate of drug-likeness (QED) is 0.910. The normalized spacial score (nSPS) is 32.7. The van der Waals surface area contributed by atoms with Crippen molar-refractivity contribution in [2.24, 2.45) is 11.3 Å². The first-order chi connectivity index (χ1) is 11.1. The van der Waals surface area contributed by atoms with Gasteiger partial charge in [-0.05, 0) is 56.2 Å². The maximum atomic E-state index is 13.1. The minimum Gasteiger partial charge on any atom is -0.342 e. The third-order valence-corrected chi connectivity index (χ3v) is 6.57. The van der Waals surface area contributed by atoms with Crippen molar-refractivity contribution in [3.8, 4) is 0 Å². The van der Waals surface area contributed by atoms with Crippen molar-refractivity contribution in [2.45, 2.75) is 44.4 Å². The molecule has 2 saturated heterocycles. The van der Waals surface area contributed by atoms with E-state index in [9.17, 15) is 4.79 Å². The van der Waals surface area contributed by atoms with Gasteiger partial charge in [0.15, 0.2) is 0 Å². The Morgan fingerprint density at radius 3 is 2.65 bits per heavy atom. The molecule has 1 N–H and O–H groups in total. The van der Waals surface area contributed by atoms with Gasteiger partial charge in [0, 0.05) is 24.4 Å². The molecule has 3 aliphatic rings. The number of hydrogen-bond donors (Lipinski definition) is 1. The number of rotatable bonds is 2. The Morgan fingerprint density at radius 1 is 1.17 bits per heavy atom. The van der Waals surface area contributed by atoms with E-state index in [4.69, 9.17) is 0 Å². The van der Waals surface area contributed by atoms with E-state index in [1.807, 2.05) is 0 Å². The zero-order valence-electron chi connectivity index (χ0n) is 14.2. The maximum absolute atomic E-state index is 13.1. The summed E-state index contributed by atoms with van der Waals surface area (Å²) in [6.07, 6.45) is 5.81. The Bertz CT molecular complexity index is 579. The van der Waals surface area contributed by atoms with Gasteiger partial charge in [0.1, 0.15) is 0 Å². The van der Waals surface area contributed by atoms with Gasteiger partial charge in [-0.25, -0.2) is 0 Å². The van der Waals surface area contributed by atoms with Gasteiger partial charge in [-0.1, -0.05) is 37.3 Å². The second-order valence-electron chi connectivity index (χ2n) is 8.16. The molecule has 2 unspecified atom stereocenters. The van der Waals surface area contributed by atoms with E-state index >= 15 is 0 Å². The molecule has 124 valence electrons. The van der Waals surface area contributed by atoms with Crippen LogP contribution in [0.25, 0.3) is 0 Å². The minimum absolute atomic E-state index is 0.116. The molecule has 2 heterocycles. The molecule has 1 aliphatic carbocycles. The molecule has 1 spiro atoms. The van der Waals surface area contributed by atoms with Gasteiger partial charge in [0.05, 0.1) is 0 Å². The lowest BCUT2D eigenvalue weighted by Crippen LogP contribution is -2.48. The van der Waals surface area contributed by atoms with Crippen molar-refractivity contribution in [1.82, 2.24) is 10.2 Å². The Hall–Kier alpha value is -1.35. The van der Waals surface area contributed by atoms with Crippen molar-refractivity contribution in [2.75, 3.05) is 26.2 Å². The van der Waals surface area contributed by atoms with Crippen LogP contribution in [-0.2, 0) is 10.2 Å². The summed E-state index contributed by atoms with van der Waals surface area (Å²) in [4.78, 5) is 15.2. The number of benzene rings is 1. The van der Waals surface area contributed by atoms with Crippen molar-refractivity contribution in [3.05, 3.63) is 35.9 Å². The molecular weight excluding hydrogens is 284 g/mol. The van der Waals surface area contributed by atoms with E-state index in [1.165, 1.54) is 24.8 Å². The Balaban J connectivity index is 1.47. The van der Waals surface area contributed by atoms with E-state index in [2.05, 4.69) is 47.5 Å². The van der Waals surface area contributed by atoms with Crippen LogP contribution in [0.5, 0.6) is 0 Å². The Morgan fingerprint density at radius 2 is 1.91 bits per heavy atom. The molecule has 3 nitrogen and oxygen atoms in total. The first-order valence-corrected chi connectivity index (χ1v) is 9.18. The van der Waals surface area contributed by atoms with Crippen molar-refractivity contribution in [1.29, 1.82) is 0 Å². The van der Waals surface area contributed by atoms with Gasteiger partial charge < -0.3 is 10.2 Å². The predicted octanol–water partition coefficient (Wildman–Crippen LogP) is 2.96. The van der Waals surface area contributed by atoms with E-state index < -0.39 is 0 Å². The Labute approximate surface area is 139 Å². The molecule has 3 heteroatoms. The van der Waals surface area contributed by atoms with Crippen molar-refractivity contribution < 1.29 is 4.79 Å². The van der Waals surface area contributed by atoms with Crippen LogP contribution in [0.4, 0.5) is 0 Å². The summed E-state index contributed by atoms with van der Waals surface area (Å²) in [6.45, 7) is 6.35. The van der Waals surface area contributed by atoms with Crippen LogP contribution >= 0.6 is 0 Å². The molecule has 1 amide bonds. The van der Waals surface area contributed by atoms with Gasteiger partial charge in [-0.3, -0.25) is 4.79 Å². The molecule has 1 aromatic rings. The molecular formula is C20H28N2O. The van der Waals surface area contributed by atoms with Crippen LogP contribution in [0, 0.1) is 11.3 Å². The first kappa shape index (κ1) is 15.2. The molecule has 0 aromatic heterocycles. The summed E-state index contributed by atoms with van der Waals surface area (Å²) < 4.78 is 0. The number of piperidine rings is 2. The lowest BCUT2D eigenvalue weighted by molar-refractivity contribution is -0.135. The molecule has 1 aromatic carbocycles. The lowest BCUT2D eigenvalue weighted by Gasteiger charge is -2.41. The van der Waals surface area contributed by atoms with E-state index in [1.54, 1.807) is 0 Å². The van der Waals surface area contributed by atoms with Crippen LogP contribution in [0.2, 0.25) is 0 Å². The number of amides is 1. The number of carbonyl (C=O) groups is 1. The largest absolute Gasteiger partial charge is 0.342 e. The highest BCUT2D eigenvalue weighted by Gasteiger charge is 2.59. The van der Waals surface area contributed by atoms with Crippen LogP contribution < -0.4 is 5.32 Å². The van der Waals surface area contributed by atoms with Crippen LogP contribution in [-0.4, -0.2) is 37.0 Å². The summed E-state index contributed by atoms with van der Waals surface area (Å²) in [7, 11) is 0. The summed E-state index contributed by atoms with van der Waals surface area (Å²) in [5.74, 6) is 0.747. The van der Waals surface area contributed by atoms with Crippen LogP contribution in [0.3, 0.4) is 0 Å². The molecule has 1 saturated carbocycles. The van der Waals surface area contributed by atoms with Gasteiger partial charge in [0.25, 0.3) is 0 Å². The van der Waals surface area contributed by atoms with E-state index in [0.29, 0.717) is 17.2 Å². The zero-order chi connectivity index (χ0) is 15.9. The fourth-order valence-electron chi connectivity index (χ4n) is 4.90. The fourth-order valence-corrected chi connectivity index (χ4v) is 4.90. The molecule has 4 rings (SSSR count). The number of nitrogens with one attached hydrogen (secondary N) is 1. The highest BCUT2D eigenvalue weighted by molar-refractivity contribution is 5.83. The minimum atomic E-state index is 0.116. The SMILES string of the molecule is CC1(c2ccccc2)CCCN(C(=O)C2CC23CCNCC3)C1. The summed E-state index contributed by atoms with van der Waals surface area (Å²) in [6, 6.07) is 10.8. The third kappa shape index (κ3) is 2.69. The second kappa shape index (κ2) is 5.62. The standard InChI is InChI=1S/C20H28N2O/c1-19(16-6-3-2-4-7-16)8-5-13-22(15-19)18(23)17-14-20(17)9-11-21-12-10-20/h2-4,6-7,17,21H,5,8-15H2,1H3. The van der Waals surface area contributed by atoms with Crippen LogP contribution in [0.1, 0.15) is 44.6 Å². The topological polar surface area (TPSA) is 32.3 Å². The average Bonchev–Trinajstić information content (AvgIpc) is 3.28. The third-order valence-electron chi connectivity index (χ3n) is 6.57. The highest BCUT2D eigenvalue weighted by atomic mass is 16.2. The number of likely N-dealkylation sites (tertiary alicyclic amines) is 1. The summed E-state index contributed by atoms with van der Waals surface area (Å²) in [5, 5.41) is 3.43. The molecule has 3 fully saturated rings. The van der Waals surface area contributed by atoms with Gasteiger partial charge >= 0.3 is 0 Å². The molecule has 0 radical (unpaired) electrons. The smallest absolute Gasteiger partial charge is 0.226 e. The Kier molecular flexibility index (Phi) is 3.72. The summed E-state index contributed by atoms with van der Waals surface area (Å²) in [5.41, 5.74) is 1.85. The average molecular weight is 312 g/mol. The molecule has 2 atom stereocenters. The predicted molar refractivity (Wildman–Crippen MR) is 92.3 cm³/mol. The lowest BCUT2D eigenvalue weighted by atomic mass is 9.75. The maximum Gasteiger partial charge on any atom is 0.226 e. The van der Waals surface area contributed by atoms with Gasteiger partial charge in [0.2, 0.25) is 5.91 Å². The van der Waals surface area contributed by atoms with Gasteiger partial charge in [-0.15, -0.1) is 0 Å². The summed E-state index contributed by atoms with van der Waals surface area (Å²) >= 11 is 0.